The van der Waals surface area contributed by atoms with Gasteiger partial charge in [-0.3, -0.25) is 4.79 Å². The number of carboxylic acid groups (broad SMARTS) is 1. The Morgan fingerprint density at radius 2 is 2.10 bits per heavy atom. The van der Waals surface area contributed by atoms with Crippen LogP contribution in [0.1, 0.15) is 29.8 Å². The highest BCUT2D eigenvalue weighted by Gasteiger charge is 2.19. The van der Waals surface area contributed by atoms with Gasteiger partial charge in [0.2, 0.25) is 0 Å². The number of carboxylic acids is 1. The van der Waals surface area contributed by atoms with Crippen molar-refractivity contribution in [2.24, 2.45) is 0 Å². The molecule has 0 spiro atoms. The summed E-state index contributed by atoms with van der Waals surface area (Å²) in [6.45, 7) is 0.975. The average Bonchev–Trinajstić information content (AvgIpc) is 2.51. The van der Waals surface area contributed by atoms with Gasteiger partial charge in [0.25, 0.3) is 5.56 Å². The van der Waals surface area contributed by atoms with E-state index in [1.807, 2.05) is 0 Å². The first-order valence-corrected chi connectivity index (χ1v) is 7.01. The molecule has 1 aliphatic rings. The molecule has 0 bridgehead atoms. The molecule has 21 heavy (non-hydrogen) atoms. The first kappa shape index (κ1) is 13.8. The van der Waals surface area contributed by atoms with E-state index in [9.17, 15) is 14.7 Å². The van der Waals surface area contributed by atoms with E-state index in [-0.39, 0.29) is 17.4 Å². The third kappa shape index (κ3) is 2.67. The number of carbonyl (C=O) groups is 1. The van der Waals surface area contributed by atoms with Crippen LogP contribution >= 0.6 is 0 Å². The number of aromatic nitrogens is 2. The van der Waals surface area contributed by atoms with Crippen molar-refractivity contribution in [3.8, 4) is 0 Å². The van der Waals surface area contributed by atoms with Crippen LogP contribution in [0.3, 0.4) is 0 Å². The Kier molecular flexibility index (Phi) is 3.70. The van der Waals surface area contributed by atoms with Crippen LogP contribution in [0.2, 0.25) is 0 Å². The molecule has 3 rings (SSSR count). The van der Waals surface area contributed by atoms with Crippen LogP contribution in [0, 0.1) is 0 Å². The van der Waals surface area contributed by atoms with Crippen LogP contribution in [0.4, 0.5) is 0 Å². The van der Waals surface area contributed by atoms with Gasteiger partial charge in [-0.2, -0.15) is 5.10 Å². The van der Waals surface area contributed by atoms with Gasteiger partial charge in [0.1, 0.15) is 0 Å². The van der Waals surface area contributed by atoms with E-state index < -0.39 is 5.97 Å². The first-order valence-electron chi connectivity index (χ1n) is 7.01. The number of rotatable bonds is 3. The number of hydrogen-bond acceptors (Lipinski definition) is 4. The molecule has 1 aliphatic heterocycles. The van der Waals surface area contributed by atoms with Crippen molar-refractivity contribution in [3.63, 3.8) is 0 Å². The third-order valence-corrected chi connectivity index (χ3v) is 3.72. The highest BCUT2D eigenvalue weighted by Crippen LogP contribution is 2.16. The van der Waals surface area contributed by atoms with Gasteiger partial charge in [0.15, 0.2) is 5.69 Å². The van der Waals surface area contributed by atoms with Crippen LogP contribution < -0.4 is 5.56 Å². The molecule has 0 aliphatic carbocycles. The highest BCUT2D eigenvalue weighted by molar-refractivity contribution is 6.01. The number of ether oxygens (including phenoxy) is 1. The maximum absolute atomic E-state index is 12.4. The number of hydrogen-bond donors (Lipinski definition) is 1. The van der Waals surface area contributed by atoms with Crippen molar-refractivity contribution in [1.82, 2.24) is 9.78 Å². The van der Waals surface area contributed by atoms with E-state index in [1.54, 1.807) is 24.3 Å². The normalized spacial score (nSPS) is 18.8. The van der Waals surface area contributed by atoms with Crippen LogP contribution in [0.25, 0.3) is 10.8 Å². The quantitative estimate of drug-likeness (QED) is 0.929. The molecule has 1 aromatic carbocycles. The van der Waals surface area contributed by atoms with Gasteiger partial charge in [-0.1, -0.05) is 18.2 Å². The number of benzene rings is 1. The summed E-state index contributed by atoms with van der Waals surface area (Å²) in [5.41, 5.74) is -0.370. The zero-order chi connectivity index (χ0) is 14.8. The fourth-order valence-corrected chi connectivity index (χ4v) is 2.66. The van der Waals surface area contributed by atoms with E-state index >= 15 is 0 Å². The van der Waals surface area contributed by atoms with E-state index in [1.165, 1.54) is 4.68 Å². The summed E-state index contributed by atoms with van der Waals surface area (Å²) < 4.78 is 6.83. The molecule has 0 radical (unpaired) electrons. The lowest BCUT2D eigenvalue weighted by Gasteiger charge is -2.22. The van der Waals surface area contributed by atoms with Gasteiger partial charge in [-0.05, 0) is 25.3 Å². The fourth-order valence-electron chi connectivity index (χ4n) is 2.66. The van der Waals surface area contributed by atoms with Crippen LogP contribution in [0.15, 0.2) is 29.1 Å². The Labute approximate surface area is 121 Å². The zero-order valence-corrected chi connectivity index (χ0v) is 11.5. The maximum Gasteiger partial charge on any atom is 0.357 e. The molecule has 1 fully saturated rings. The topological polar surface area (TPSA) is 81.4 Å². The van der Waals surface area contributed by atoms with Crippen molar-refractivity contribution < 1.29 is 14.6 Å². The molecule has 1 unspecified atom stereocenters. The molecule has 1 saturated heterocycles. The second kappa shape index (κ2) is 5.65. The van der Waals surface area contributed by atoms with E-state index in [2.05, 4.69) is 5.10 Å². The van der Waals surface area contributed by atoms with E-state index in [4.69, 9.17) is 4.74 Å². The van der Waals surface area contributed by atoms with Gasteiger partial charge in [0.05, 0.1) is 18.0 Å². The molecular formula is C15H16N2O4. The minimum Gasteiger partial charge on any atom is -0.476 e. The second-order valence-electron chi connectivity index (χ2n) is 5.18. The summed E-state index contributed by atoms with van der Waals surface area (Å²) in [6.07, 6.45) is 2.87. The summed E-state index contributed by atoms with van der Waals surface area (Å²) >= 11 is 0. The van der Waals surface area contributed by atoms with Crippen molar-refractivity contribution in [1.29, 1.82) is 0 Å². The maximum atomic E-state index is 12.4. The number of aromatic carboxylic acids is 1. The second-order valence-corrected chi connectivity index (χ2v) is 5.18. The lowest BCUT2D eigenvalue weighted by molar-refractivity contribution is 0.00308. The molecule has 110 valence electrons. The lowest BCUT2D eigenvalue weighted by Crippen LogP contribution is -2.33. The minimum atomic E-state index is -1.13. The summed E-state index contributed by atoms with van der Waals surface area (Å²) in [5, 5.41) is 14.1. The van der Waals surface area contributed by atoms with Crippen molar-refractivity contribution >= 4 is 16.7 Å². The van der Waals surface area contributed by atoms with Crippen LogP contribution in [-0.2, 0) is 11.3 Å². The Bertz CT molecular complexity index is 732. The predicted molar refractivity (Wildman–Crippen MR) is 76.6 cm³/mol. The monoisotopic (exact) mass is 288 g/mol. The smallest absolute Gasteiger partial charge is 0.357 e. The summed E-state index contributed by atoms with van der Waals surface area (Å²) in [7, 11) is 0. The largest absolute Gasteiger partial charge is 0.476 e. The Balaban J connectivity index is 2.07. The first-order chi connectivity index (χ1) is 10.2. The zero-order valence-electron chi connectivity index (χ0n) is 11.5. The van der Waals surface area contributed by atoms with E-state index in [0.717, 1.165) is 19.3 Å². The molecule has 1 N–H and O–H groups in total. The van der Waals surface area contributed by atoms with Gasteiger partial charge in [0, 0.05) is 12.0 Å². The van der Waals surface area contributed by atoms with Gasteiger partial charge >= 0.3 is 5.97 Å². The van der Waals surface area contributed by atoms with Crippen LogP contribution in [0.5, 0.6) is 0 Å². The van der Waals surface area contributed by atoms with Gasteiger partial charge in [-0.25, -0.2) is 9.48 Å². The Hall–Kier alpha value is -2.21. The van der Waals surface area contributed by atoms with Crippen molar-refractivity contribution in [3.05, 3.63) is 40.3 Å². The third-order valence-electron chi connectivity index (χ3n) is 3.72. The predicted octanol–water partition coefficient (Wildman–Crippen LogP) is 1.66. The highest BCUT2D eigenvalue weighted by atomic mass is 16.5. The van der Waals surface area contributed by atoms with Crippen LogP contribution in [-0.4, -0.2) is 33.6 Å². The van der Waals surface area contributed by atoms with Gasteiger partial charge in [-0.15, -0.1) is 0 Å². The molecule has 1 atom stereocenters. The van der Waals surface area contributed by atoms with Gasteiger partial charge < -0.3 is 9.84 Å². The Morgan fingerprint density at radius 1 is 1.33 bits per heavy atom. The Morgan fingerprint density at radius 3 is 2.76 bits per heavy atom. The molecule has 0 saturated carbocycles. The molecule has 2 heterocycles. The SMILES string of the molecule is O=C(O)c1nn(CC2CCCCO2)c(=O)c2ccccc12. The lowest BCUT2D eigenvalue weighted by atomic mass is 10.1. The molecule has 1 aromatic heterocycles. The molecule has 6 nitrogen and oxygen atoms in total. The standard InChI is InChI=1S/C15H16N2O4/c18-14-12-7-2-1-6-11(12)13(15(19)20)16-17(14)9-10-5-3-4-8-21-10/h1-2,6-7,10H,3-5,8-9H2,(H,19,20). The van der Waals surface area contributed by atoms with Crippen molar-refractivity contribution in [2.75, 3.05) is 6.61 Å². The summed E-state index contributed by atoms with van der Waals surface area (Å²) in [6, 6.07) is 6.65. The summed E-state index contributed by atoms with van der Waals surface area (Å²) in [4.78, 5) is 23.8. The minimum absolute atomic E-state index is 0.0771. The summed E-state index contributed by atoms with van der Waals surface area (Å²) in [5.74, 6) is -1.13. The fraction of sp³-hybridized carbons (Fsp3) is 0.400. The number of fused-ring (bicyclic) bond motifs is 1. The molecular weight excluding hydrogens is 272 g/mol. The van der Waals surface area contributed by atoms with Crippen molar-refractivity contribution in [2.45, 2.75) is 31.9 Å². The molecule has 2 aromatic rings. The number of nitrogens with zero attached hydrogens (tertiary/aromatic N) is 2. The molecule has 0 amide bonds. The average molecular weight is 288 g/mol. The molecule has 6 heteroatoms. The van der Waals surface area contributed by atoms with E-state index in [0.29, 0.717) is 23.9 Å².